The van der Waals surface area contributed by atoms with Crippen LogP contribution in [0.3, 0.4) is 0 Å². The second-order valence-corrected chi connectivity index (χ2v) is 5.60. The Morgan fingerprint density at radius 2 is 1.90 bits per heavy atom. The van der Waals surface area contributed by atoms with E-state index in [1.54, 1.807) is 7.11 Å². The number of hydrogen-bond donors (Lipinski definition) is 1. The lowest BCUT2D eigenvalue weighted by Gasteiger charge is -2.25. The summed E-state index contributed by atoms with van der Waals surface area (Å²) in [5.74, 6) is 0. The normalized spacial score (nSPS) is 13.0. The number of rotatable bonds is 11. The third-order valence-corrected chi connectivity index (χ3v) is 3.16. The summed E-state index contributed by atoms with van der Waals surface area (Å²) in [6.45, 7) is 7.44. The molecule has 1 N–H and O–H groups in total. The van der Waals surface area contributed by atoms with Gasteiger partial charge in [0.1, 0.15) is 0 Å². The molecule has 1 aromatic rings. The summed E-state index contributed by atoms with van der Waals surface area (Å²) in [4.78, 5) is 2.25. The molecule has 0 bridgehead atoms. The van der Waals surface area contributed by atoms with Crippen LogP contribution in [-0.4, -0.2) is 55.6 Å². The van der Waals surface area contributed by atoms with Crippen LogP contribution in [0.5, 0.6) is 0 Å². The van der Waals surface area contributed by atoms with Crippen molar-refractivity contribution in [2.75, 3.05) is 33.4 Å². The third kappa shape index (κ3) is 8.83. The van der Waals surface area contributed by atoms with E-state index in [1.807, 2.05) is 32.0 Å². The summed E-state index contributed by atoms with van der Waals surface area (Å²) in [6, 6.07) is 10.3. The molecule has 1 atom stereocenters. The van der Waals surface area contributed by atoms with E-state index in [1.165, 1.54) is 5.56 Å². The maximum Gasteiger partial charge on any atom is 0.0900 e. The maximum absolute atomic E-state index is 10.1. The fourth-order valence-electron chi connectivity index (χ4n) is 2.16. The highest BCUT2D eigenvalue weighted by Gasteiger charge is 2.13. The number of aliphatic hydroxyl groups is 1. The van der Waals surface area contributed by atoms with Crippen molar-refractivity contribution >= 4 is 0 Å². The summed E-state index contributed by atoms with van der Waals surface area (Å²) < 4.78 is 10.6. The molecule has 0 unspecified atom stereocenters. The topological polar surface area (TPSA) is 41.9 Å². The van der Waals surface area contributed by atoms with E-state index in [4.69, 9.17) is 9.47 Å². The molecule has 0 aliphatic carbocycles. The van der Waals surface area contributed by atoms with Gasteiger partial charge in [-0.15, -0.1) is 0 Å². The molecule has 0 saturated carbocycles. The molecule has 0 radical (unpaired) electrons. The Bertz CT molecular complexity index is 356. The number of methoxy groups -OCH3 is 1. The van der Waals surface area contributed by atoms with Crippen LogP contribution in [0.1, 0.15) is 25.8 Å². The van der Waals surface area contributed by atoms with Crippen molar-refractivity contribution in [2.45, 2.75) is 39.0 Å². The van der Waals surface area contributed by atoms with Crippen molar-refractivity contribution in [1.29, 1.82) is 0 Å². The van der Waals surface area contributed by atoms with E-state index in [2.05, 4.69) is 17.0 Å². The van der Waals surface area contributed by atoms with Gasteiger partial charge in [0, 0.05) is 33.4 Å². The second kappa shape index (κ2) is 10.7. The lowest BCUT2D eigenvalue weighted by molar-refractivity contribution is -0.0103. The van der Waals surface area contributed by atoms with E-state index in [0.29, 0.717) is 13.2 Å². The van der Waals surface area contributed by atoms with Crippen LogP contribution in [0.15, 0.2) is 30.3 Å². The van der Waals surface area contributed by atoms with Crippen LogP contribution in [0.25, 0.3) is 0 Å². The van der Waals surface area contributed by atoms with Crippen molar-refractivity contribution < 1.29 is 14.6 Å². The average Bonchev–Trinajstić information content (AvgIpc) is 2.46. The highest BCUT2D eigenvalue weighted by molar-refractivity contribution is 5.14. The molecule has 21 heavy (non-hydrogen) atoms. The first kappa shape index (κ1) is 18.1. The van der Waals surface area contributed by atoms with Crippen molar-refractivity contribution in [1.82, 2.24) is 4.90 Å². The standard InChI is InChI=1S/C17H29NO3/c1-15(2)21-14-17(19)13-18(10-7-11-20-3)12-16-8-5-4-6-9-16/h4-6,8-9,15,17,19H,7,10-14H2,1-3H3/t17-/m1/s1. The van der Waals surface area contributed by atoms with Gasteiger partial charge in [0.2, 0.25) is 0 Å². The van der Waals surface area contributed by atoms with E-state index in [-0.39, 0.29) is 6.10 Å². The predicted octanol–water partition coefficient (Wildman–Crippen LogP) is 2.31. The molecule has 0 spiro atoms. The SMILES string of the molecule is COCCCN(Cc1ccccc1)C[C@@H](O)COC(C)C. The highest BCUT2D eigenvalue weighted by Crippen LogP contribution is 2.07. The fraction of sp³-hybridized carbons (Fsp3) is 0.647. The molecule has 0 amide bonds. The molecule has 1 rings (SSSR count). The first-order chi connectivity index (χ1) is 10.1. The number of nitrogens with zero attached hydrogens (tertiary/aromatic N) is 1. The van der Waals surface area contributed by atoms with E-state index in [9.17, 15) is 5.11 Å². The van der Waals surface area contributed by atoms with Crippen LogP contribution in [-0.2, 0) is 16.0 Å². The Labute approximate surface area is 128 Å². The van der Waals surface area contributed by atoms with Gasteiger partial charge in [-0.25, -0.2) is 0 Å². The third-order valence-electron chi connectivity index (χ3n) is 3.16. The summed E-state index contributed by atoms with van der Waals surface area (Å²) >= 11 is 0. The van der Waals surface area contributed by atoms with Crippen LogP contribution >= 0.6 is 0 Å². The zero-order chi connectivity index (χ0) is 15.5. The molecule has 0 aromatic heterocycles. The van der Waals surface area contributed by atoms with Gasteiger partial charge in [0.05, 0.1) is 18.8 Å². The minimum absolute atomic E-state index is 0.149. The Morgan fingerprint density at radius 1 is 1.19 bits per heavy atom. The van der Waals surface area contributed by atoms with Crippen molar-refractivity contribution in [3.63, 3.8) is 0 Å². The fourth-order valence-corrected chi connectivity index (χ4v) is 2.16. The minimum atomic E-state index is -0.460. The van der Waals surface area contributed by atoms with E-state index >= 15 is 0 Å². The molecular formula is C17H29NO3. The van der Waals surface area contributed by atoms with Crippen molar-refractivity contribution in [3.8, 4) is 0 Å². The molecular weight excluding hydrogens is 266 g/mol. The van der Waals surface area contributed by atoms with Crippen LogP contribution in [0, 0.1) is 0 Å². The smallest absolute Gasteiger partial charge is 0.0900 e. The molecule has 1 aromatic carbocycles. The first-order valence-electron chi connectivity index (χ1n) is 7.66. The number of ether oxygens (including phenoxy) is 2. The van der Waals surface area contributed by atoms with Crippen molar-refractivity contribution in [3.05, 3.63) is 35.9 Å². The Balaban J connectivity index is 2.47. The predicted molar refractivity (Wildman–Crippen MR) is 85.3 cm³/mol. The lowest BCUT2D eigenvalue weighted by atomic mass is 10.2. The summed E-state index contributed by atoms with van der Waals surface area (Å²) in [5.41, 5.74) is 1.26. The molecule has 4 heteroatoms. The molecule has 0 heterocycles. The zero-order valence-corrected chi connectivity index (χ0v) is 13.5. The van der Waals surface area contributed by atoms with E-state index in [0.717, 1.165) is 26.1 Å². The summed E-state index contributed by atoms with van der Waals surface area (Å²) in [5, 5.41) is 10.1. The minimum Gasteiger partial charge on any atom is -0.389 e. The Morgan fingerprint density at radius 3 is 2.52 bits per heavy atom. The number of benzene rings is 1. The van der Waals surface area contributed by atoms with Gasteiger partial charge >= 0.3 is 0 Å². The largest absolute Gasteiger partial charge is 0.389 e. The molecule has 0 aliphatic rings. The van der Waals surface area contributed by atoms with Crippen LogP contribution in [0.2, 0.25) is 0 Å². The quantitative estimate of drug-likeness (QED) is 0.636. The van der Waals surface area contributed by atoms with Gasteiger partial charge in [-0.1, -0.05) is 30.3 Å². The zero-order valence-electron chi connectivity index (χ0n) is 13.5. The number of aliphatic hydroxyl groups excluding tert-OH is 1. The van der Waals surface area contributed by atoms with E-state index < -0.39 is 6.10 Å². The van der Waals surface area contributed by atoms with Crippen LogP contribution < -0.4 is 0 Å². The molecule has 0 saturated heterocycles. The van der Waals surface area contributed by atoms with Crippen molar-refractivity contribution in [2.24, 2.45) is 0 Å². The highest BCUT2D eigenvalue weighted by atomic mass is 16.5. The number of hydrogen-bond acceptors (Lipinski definition) is 4. The Hall–Kier alpha value is -0.940. The maximum atomic E-state index is 10.1. The lowest BCUT2D eigenvalue weighted by Crippen LogP contribution is -2.36. The molecule has 0 aliphatic heterocycles. The molecule has 0 fully saturated rings. The molecule has 120 valence electrons. The van der Waals surface area contributed by atoms with Gasteiger partial charge in [-0.05, 0) is 25.8 Å². The van der Waals surface area contributed by atoms with Gasteiger partial charge in [-0.3, -0.25) is 4.90 Å². The monoisotopic (exact) mass is 295 g/mol. The van der Waals surface area contributed by atoms with Gasteiger partial charge in [0.25, 0.3) is 0 Å². The average molecular weight is 295 g/mol. The Kier molecular flexibility index (Phi) is 9.26. The second-order valence-electron chi connectivity index (χ2n) is 5.60. The first-order valence-corrected chi connectivity index (χ1v) is 7.66. The van der Waals surface area contributed by atoms with Gasteiger partial charge < -0.3 is 14.6 Å². The van der Waals surface area contributed by atoms with Gasteiger partial charge in [0.15, 0.2) is 0 Å². The van der Waals surface area contributed by atoms with Crippen LogP contribution in [0.4, 0.5) is 0 Å². The summed E-state index contributed by atoms with van der Waals surface area (Å²) in [6.07, 6.45) is 0.649. The molecule has 4 nitrogen and oxygen atoms in total. The summed E-state index contributed by atoms with van der Waals surface area (Å²) in [7, 11) is 1.72. The van der Waals surface area contributed by atoms with Gasteiger partial charge in [-0.2, -0.15) is 0 Å².